The molecule has 2 rings (SSSR count). The van der Waals surface area contributed by atoms with Crippen LogP contribution in [0.25, 0.3) is 10.8 Å². The van der Waals surface area contributed by atoms with Gasteiger partial charge in [-0.05, 0) is 13.3 Å². The summed E-state index contributed by atoms with van der Waals surface area (Å²) in [5.41, 5.74) is 0.957. The van der Waals surface area contributed by atoms with Crippen molar-refractivity contribution in [3.63, 3.8) is 0 Å². The minimum Gasteiger partial charge on any atom is -0.368 e. The van der Waals surface area contributed by atoms with Gasteiger partial charge in [-0.15, -0.1) is 16.7 Å². The van der Waals surface area contributed by atoms with Gasteiger partial charge in [-0.25, -0.2) is 0 Å². The molecule has 1 aromatic carbocycles. The van der Waals surface area contributed by atoms with E-state index in [0.717, 1.165) is 35.2 Å². The maximum atomic E-state index is 5.64. The van der Waals surface area contributed by atoms with Crippen LogP contribution in [-0.4, -0.2) is 22.6 Å². The molecule has 1 N–H and O–H groups in total. The Labute approximate surface area is 99.8 Å². The molecule has 0 amide bonds. The lowest BCUT2D eigenvalue weighted by Crippen LogP contribution is -2.06. The van der Waals surface area contributed by atoms with Crippen LogP contribution in [0, 0.1) is 6.92 Å². The molecule has 0 aliphatic carbocycles. The summed E-state index contributed by atoms with van der Waals surface area (Å²) in [4.78, 5) is 0. The van der Waals surface area contributed by atoms with Gasteiger partial charge >= 0.3 is 0 Å². The molecule has 0 aliphatic rings. The number of aromatic nitrogens is 2. The third-order valence-electron chi connectivity index (χ3n) is 2.47. The van der Waals surface area contributed by atoms with E-state index in [1.54, 1.807) is 0 Å². The van der Waals surface area contributed by atoms with Crippen LogP contribution in [0.4, 0.5) is 5.82 Å². The van der Waals surface area contributed by atoms with Gasteiger partial charge in [0.15, 0.2) is 5.82 Å². The van der Waals surface area contributed by atoms with Crippen molar-refractivity contribution < 1.29 is 0 Å². The first kappa shape index (κ1) is 11.1. The minimum atomic E-state index is 0.657. The Bertz CT molecular complexity index is 485. The predicted molar refractivity (Wildman–Crippen MR) is 68.1 cm³/mol. The summed E-state index contributed by atoms with van der Waals surface area (Å²) in [6, 6.07) is 8.14. The minimum absolute atomic E-state index is 0.657. The summed E-state index contributed by atoms with van der Waals surface area (Å²) in [6.45, 7) is 2.79. The van der Waals surface area contributed by atoms with Crippen LogP contribution in [0.2, 0.25) is 0 Å². The predicted octanol–water partition coefficient (Wildman–Crippen LogP) is 2.98. The lowest BCUT2D eigenvalue weighted by Gasteiger charge is -2.08. The molecular formula is C12H14ClN3. The molecule has 0 spiro atoms. The molecule has 0 aliphatic heterocycles. The van der Waals surface area contributed by atoms with Crippen LogP contribution in [0.1, 0.15) is 12.1 Å². The quantitative estimate of drug-likeness (QED) is 0.654. The van der Waals surface area contributed by atoms with Gasteiger partial charge in [0, 0.05) is 23.2 Å². The number of nitrogens with zero attached hydrogens (tertiary/aromatic N) is 2. The summed E-state index contributed by atoms with van der Waals surface area (Å²) in [5.74, 6) is 1.50. The molecule has 3 nitrogen and oxygen atoms in total. The number of nitrogens with one attached hydrogen (secondary N) is 1. The lowest BCUT2D eigenvalue weighted by molar-refractivity contribution is 0.944. The average Bonchev–Trinajstić information content (AvgIpc) is 2.33. The molecule has 0 bridgehead atoms. The Balaban J connectivity index is 2.35. The van der Waals surface area contributed by atoms with E-state index in [2.05, 4.69) is 27.6 Å². The standard InChI is InChI=1S/C12H14ClN3/c1-9-10-5-2-3-6-11(10)12(16-15-9)14-8-4-7-13/h2-3,5-6H,4,7-8H2,1H3,(H,14,16). The summed E-state index contributed by atoms with van der Waals surface area (Å²) in [5, 5.41) is 13.8. The number of alkyl halides is 1. The Morgan fingerprint density at radius 2 is 1.94 bits per heavy atom. The van der Waals surface area contributed by atoms with Crippen LogP contribution in [0.3, 0.4) is 0 Å². The second-order valence-electron chi connectivity index (χ2n) is 3.65. The zero-order valence-corrected chi connectivity index (χ0v) is 9.96. The normalized spacial score (nSPS) is 10.6. The highest BCUT2D eigenvalue weighted by Gasteiger charge is 2.04. The molecule has 0 unspecified atom stereocenters. The van der Waals surface area contributed by atoms with E-state index in [-0.39, 0.29) is 0 Å². The van der Waals surface area contributed by atoms with Crippen molar-refractivity contribution in [3.8, 4) is 0 Å². The molecule has 16 heavy (non-hydrogen) atoms. The highest BCUT2D eigenvalue weighted by atomic mass is 35.5. The van der Waals surface area contributed by atoms with Crippen LogP contribution in [0.5, 0.6) is 0 Å². The highest BCUT2D eigenvalue weighted by Crippen LogP contribution is 2.21. The molecule has 2 aromatic rings. The second-order valence-corrected chi connectivity index (χ2v) is 4.03. The molecule has 0 atom stereocenters. The molecule has 1 aromatic heterocycles. The van der Waals surface area contributed by atoms with Gasteiger partial charge < -0.3 is 5.32 Å². The number of halogens is 1. The van der Waals surface area contributed by atoms with E-state index in [9.17, 15) is 0 Å². The van der Waals surface area contributed by atoms with Crippen LogP contribution >= 0.6 is 11.6 Å². The van der Waals surface area contributed by atoms with Crippen LogP contribution < -0.4 is 5.32 Å². The summed E-state index contributed by atoms with van der Waals surface area (Å²) < 4.78 is 0. The van der Waals surface area contributed by atoms with Crippen molar-refractivity contribution in [2.75, 3.05) is 17.7 Å². The summed E-state index contributed by atoms with van der Waals surface area (Å²) >= 11 is 5.64. The molecule has 4 heteroatoms. The smallest absolute Gasteiger partial charge is 0.156 e. The highest BCUT2D eigenvalue weighted by molar-refractivity contribution is 6.17. The SMILES string of the molecule is Cc1nnc(NCCCCl)c2ccccc12. The third-order valence-corrected chi connectivity index (χ3v) is 2.74. The van der Waals surface area contributed by atoms with Crippen molar-refractivity contribution in [1.82, 2.24) is 10.2 Å². The third kappa shape index (κ3) is 2.25. The molecule has 1 heterocycles. The number of anilines is 1. The van der Waals surface area contributed by atoms with E-state index in [1.807, 2.05) is 19.1 Å². The number of benzene rings is 1. The Kier molecular flexibility index (Phi) is 3.57. The van der Waals surface area contributed by atoms with Gasteiger partial charge in [-0.2, -0.15) is 5.10 Å². The Hall–Kier alpha value is -1.35. The molecule has 0 radical (unpaired) electrons. The van der Waals surface area contributed by atoms with Crippen molar-refractivity contribution in [2.24, 2.45) is 0 Å². The van der Waals surface area contributed by atoms with E-state index < -0.39 is 0 Å². The van der Waals surface area contributed by atoms with Crippen molar-refractivity contribution >= 4 is 28.2 Å². The number of fused-ring (bicyclic) bond motifs is 1. The van der Waals surface area contributed by atoms with E-state index in [0.29, 0.717) is 5.88 Å². The molecular weight excluding hydrogens is 222 g/mol. The van der Waals surface area contributed by atoms with Crippen molar-refractivity contribution in [2.45, 2.75) is 13.3 Å². The fraction of sp³-hybridized carbons (Fsp3) is 0.333. The topological polar surface area (TPSA) is 37.8 Å². The zero-order valence-electron chi connectivity index (χ0n) is 9.20. The van der Waals surface area contributed by atoms with E-state index >= 15 is 0 Å². The van der Waals surface area contributed by atoms with Crippen molar-refractivity contribution in [1.29, 1.82) is 0 Å². The number of rotatable bonds is 4. The van der Waals surface area contributed by atoms with E-state index in [1.165, 1.54) is 0 Å². The fourth-order valence-electron chi connectivity index (χ4n) is 1.64. The second kappa shape index (κ2) is 5.12. The first-order valence-corrected chi connectivity index (χ1v) is 5.88. The van der Waals surface area contributed by atoms with Gasteiger partial charge in [-0.1, -0.05) is 24.3 Å². The maximum absolute atomic E-state index is 5.64. The van der Waals surface area contributed by atoms with Gasteiger partial charge in [0.1, 0.15) is 0 Å². The first-order chi connectivity index (χ1) is 7.83. The zero-order chi connectivity index (χ0) is 11.4. The molecule has 0 saturated heterocycles. The Morgan fingerprint density at radius 3 is 2.69 bits per heavy atom. The molecule has 0 saturated carbocycles. The molecule has 0 fully saturated rings. The fourth-order valence-corrected chi connectivity index (χ4v) is 1.78. The lowest BCUT2D eigenvalue weighted by atomic mass is 10.1. The number of hydrogen-bond donors (Lipinski definition) is 1. The average molecular weight is 236 g/mol. The van der Waals surface area contributed by atoms with Gasteiger partial charge in [0.2, 0.25) is 0 Å². The van der Waals surface area contributed by atoms with Gasteiger partial charge in [0.05, 0.1) is 5.69 Å². The Morgan fingerprint density at radius 1 is 1.19 bits per heavy atom. The molecule has 84 valence electrons. The summed E-state index contributed by atoms with van der Waals surface area (Å²) in [6.07, 6.45) is 0.922. The largest absolute Gasteiger partial charge is 0.368 e. The van der Waals surface area contributed by atoms with Crippen LogP contribution in [0.15, 0.2) is 24.3 Å². The van der Waals surface area contributed by atoms with Crippen LogP contribution in [-0.2, 0) is 0 Å². The number of aryl methyl sites for hydroxylation is 1. The number of hydrogen-bond acceptors (Lipinski definition) is 3. The summed E-state index contributed by atoms with van der Waals surface area (Å²) in [7, 11) is 0. The monoisotopic (exact) mass is 235 g/mol. The van der Waals surface area contributed by atoms with E-state index in [4.69, 9.17) is 11.6 Å². The van der Waals surface area contributed by atoms with Gasteiger partial charge in [0.25, 0.3) is 0 Å². The maximum Gasteiger partial charge on any atom is 0.156 e. The van der Waals surface area contributed by atoms with Crippen molar-refractivity contribution in [3.05, 3.63) is 30.0 Å². The van der Waals surface area contributed by atoms with Gasteiger partial charge in [-0.3, -0.25) is 0 Å². The first-order valence-electron chi connectivity index (χ1n) is 5.35.